The van der Waals surface area contributed by atoms with Crippen molar-refractivity contribution in [3.8, 4) is 23.0 Å². The lowest BCUT2D eigenvalue weighted by atomic mass is 9.98. The number of benzene rings is 2. The minimum Gasteiger partial charge on any atom is -0.497 e. The molecule has 1 aliphatic heterocycles. The van der Waals surface area contributed by atoms with Crippen LogP contribution in [-0.2, 0) is 4.79 Å². The number of likely N-dealkylation sites (tertiary alicyclic amines) is 1. The predicted molar refractivity (Wildman–Crippen MR) is 115 cm³/mol. The molecule has 1 heterocycles. The van der Waals surface area contributed by atoms with E-state index in [9.17, 15) is 9.59 Å². The summed E-state index contributed by atoms with van der Waals surface area (Å²) in [5.74, 6) is 1.74. The SMILES string of the molecule is COc1ccc(C2CCN(C(=O)CNC(=O)c3cc(OC)c(OC)c(OC)c3)C2)cc1. The second kappa shape index (κ2) is 10.1. The Balaban J connectivity index is 1.58. The summed E-state index contributed by atoms with van der Waals surface area (Å²) >= 11 is 0. The number of amides is 2. The van der Waals surface area contributed by atoms with E-state index in [1.807, 2.05) is 24.3 Å². The van der Waals surface area contributed by atoms with E-state index < -0.39 is 5.91 Å². The topological polar surface area (TPSA) is 86.3 Å². The monoisotopic (exact) mass is 428 g/mol. The minimum absolute atomic E-state index is 0.0785. The van der Waals surface area contributed by atoms with Crippen LogP contribution >= 0.6 is 0 Å². The van der Waals surface area contributed by atoms with Gasteiger partial charge in [-0.1, -0.05) is 12.1 Å². The van der Waals surface area contributed by atoms with Gasteiger partial charge in [-0.25, -0.2) is 0 Å². The quantitative estimate of drug-likeness (QED) is 0.695. The molecule has 0 aromatic heterocycles. The van der Waals surface area contributed by atoms with E-state index >= 15 is 0 Å². The van der Waals surface area contributed by atoms with Gasteiger partial charge in [-0.15, -0.1) is 0 Å². The van der Waals surface area contributed by atoms with Crippen molar-refractivity contribution in [3.63, 3.8) is 0 Å². The van der Waals surface area contributed by atoms with E-state index in [1.54, 1.807) is 24.1 Å². The highest BCUT2D eigenvalue weighted by Gasteiger charge is 2.27. The number of rotatable bonds is 8. The van der Waals surface area contributed by atoms with Crippen molar-refractivity contribution in [1.82, 2.24) is 10.2 Å². The number of methoxy groups -OCH3 is 4. The third-order valence-electron chi connectivity index (χ3n) is 5.46. The first-order valence-corrected chi connectivity index (χ1v) is 10.0. The van der Waals surface area contributed by atoms with Crippen LogP contribution in [0.1, 0.15) is 28.3 Å². The van der Waals surface area contributed by atoms with Crippen molar-refractivity contribution in [1.29, 1.82) is 0 Å². The average molecular weight is 428 g/mol. The lowest BCUT2D eigenvalue weighted by Crippen LogP contribution is -2.39. The van der Waals surface area contributed by atoms with Crippen molar-refractivity contribution < 1.29 is 28.5 Å². The van der Waals surface area contributed by atoms with Crippen LogP contribution in [0.4, 0.5) is 0 Å². The summed E-state index contributed by atoms with van der Waals surface area (Å²) in [6.45, 7) is 1.21. The number of carbonyl (C=O) groups excluding carboxylic acids is 2. The lowest BCUT2D eigenvalue weighted by Gasteiger charge is -2.18. The summed E-state index contributed by atoms with van der Waals surface area (Å²) in [6, 6.07) is 11.0. The van der Waals surface area contributed by atoms with Gasteiger partial charge in [0.1, 0.15) is 5.75 Å². The average Bonchev–Trinajstić information content (AvgIpc) is 3.31. The molecule has 166 valence electrons. The van der Waals surface area contributed by atoms with Crippen molar-refractivity contribution in [2.75, 3.05) is 48.1 Å². The van der Waals surface area contributed by atoms with Gasteiger partial charge < -0.3 is 29.2 Å². The van der Waals surface area contributed by atoms with Crippen LogP contribution < -0.4 is 24.3 Å². The molecule has 1 N–H and O–H groups in total. The van der Waals surface area contributed by atoms with Gasteiger partial charge in [0.15, 0.2) is 11.5 Å². The van der Waals surface area contributed by atoms with Gasteiger partial charge in [-0.3, -0.25) is 9.59 Å². The summed E-state index contributed by atoms with van der Waals surface area (Å²) < 4.78 is 21.0. The number of hydrogen-bond donors (Lipinski definition) is 1. The highest BCUT2D eigenvalue weighted by Crippen LogP contribution is 2.38. The van der Waals surface area contributed by atoms with E-state index in [2.05, 4.69) is 5.32 Å². The number of carbonyl (C=O) groups is 2. The maximum absolute atomic E-state index is 12.6. The Bertz CT molecular complexity index is 903. The van der Waals surface area contributed by atoms with Crippen LogP contribution in [0.5, 0.6) is 23.0 Å². The Labute approximate surface area is 182 Å². The Hall–Kier alpha value is -3.42. The molecule has 2 amide bonds. The van der Waals surface area contributed by atoms with E-state index in [1.165, 1.54) is 26.9 Å². The van der Waals surface area contributed by atoms with Crippen LogP contribution in [0.3, 0.4) is 0 Å². The second-order valence-electron chi connectivity index (χ2n) is 7.20. The molecular formula is C23H28N2O6. The molecule has 3 rings (SSSR count). The maximum Gasteiger partial charge on any atom is 0.251 e. The summed E-state index contributed by atoms with van der Waals surface area (Å²) in [5.41, 5.74) is 1.50. The fourth-order valence-corrected chi connectivity index (χ4v) is 3.72. The summed E-state index contributed by atoms with van der Waals surface area (Å²) in [6.07, 6.45) is 0.888. The largest absolute Gasteiger partial charge is 0.497 e. The third kappa shape index (κ3) is 5.02. The number of nitrogens with zero attached hydrogens (tertiary/aromatic N) is 1. The zero-order valence-corrected chi connectivity index (χ0v) is 18.3. The minimum atomic E-state index is -0.390. The molecular weight excluding hydrogens is 400 g/mol. The van der Waals surface area contributed by atoms with Gasteiger partial charge in [-0.2, -0.15) is 0 Å². The first kappa shape index (κ1) is 22.3. The normalized spacial score (nSPS) is 15.4. The van der Waals surface area contributed by atoms with Crippen molar-refractivity contribution in [2.45, 2.75) is 12.3 Å². The van der Waals surface area contributed by atoms with Crippen LogP contribution in [0.25, 0.3) is 0 Å². The van der Waals surface area contributed by atoms with Crippen LogP contribution in [0.15, 0.2) is 36.4 Å². The van der Waals surface area contributed by atoms with Crippen LogP contribution in [0.2, 0.25) is 0 Å². The molecule has 1 unspecified atom stereocenters. The molecule has 0 aliphatic carbocycles. The molecule has 1 saturated heterocycles. The Kier molecular flexibility index (Phi) is 7.23. The third-order valence-corrected chi connectivity index (χ3v) is 5.46. The molecule has 0 spiro atoms. The van der Waals surface area contributed by atoms with Gasteiger partial charge >= 0.3 is 0 Å². The molecule has 1 aliphatic rings. The lowest BCUT2D eigenvalue weighted by molar-refractivity contribution is -0.129. The molecule has 1 atom stereocenters. The smallest absolute Gasteiger partial charge is 0.251 e. The van der Waals surface area contributed by atoms with Gasteiger partial charge in [0.25, 0.3) is 5.91 Å². The fourth-order valence-electron chi connectivity index (χ4n) is 3.72. The molecule has 31 heavy (non-hydrogen) atoms. The molecule has 2 aromatic rings. The molecule has 2 aromatic carbocycles. The van der Waals surface area contributed by atoms with Crippen molar-refractivity contribution in [2.24, 2.45) is 0 Å². The van der Waals surface area contributed by atoms with Crippen molar-refractivity contribution >= 4 is 11.8 Å². The molecule has 0 saturated carbocycles. The van der Waals surface area contributed by atoms with Crippen LogP contribution in [-0.4, -0.2) is 64.8 Å². The molecule has 0 bridgehead atoms. The molecule has 8 heteroatoms. The fraction of sp³-hybridized carbons (Fsp3) is 0.391. The number of hydrogen-bond acceptors (Lipinski definition) is 6. The van der Waals surface area contributed by atoms with E-state index in [0.717, 1.165) is 12.2 Å². The van der Waals surface area contributed by atoms with Crippen LogP contribution in [0, 0.1) is 0 Å². The van der Waals surface area contributed by atoms with Crippen molar-refractivity contribution in [3.05, 3.63) is 47.5 Å². The highest BCUT2D eigenvalue weighted by molar-refractivity contribution is 5.97. The first-order valence-electron chi connectivity index (χ1n) is 10.0. The molecule has 8 nitrogen and oxygen atoms in total. The second-order valence-corrected chi connectivity index (χ2v) is 7.20. The Morgan fingerprint density at radius 3 is 2.16 bits per heavy atom. The summed E-state index contributed by atoms with van der Waals surface area (Å²) in [7, 11) is 6.09. The number of ether oxygens (including phenoxy) is 4. The summed E-state index contributed by atoms with van der Waals surface area (Å²) in [5, 5.41) is 2.69. The predicted octanol–water partition coefficient (Wildman–Crippen LogP) is 2.47. The van der Waals surface area contributed by atoms with Gasteiger partial charge in [0, 0.05) is 24.6 Å². The van der Waals surface area contributed by atoms with Gasteiger partial charge in [0.2, 0.25) is 11.7 Å². The molecule has 1 fully saturated rings. The molecule has 0 radical (unpaired) electrons. The summed E-state index contributed by atoms with van der Waals surface area (Å²) in [4.78, 5) is 27.0. The zero-order chi connectivity index (χ0) is 22.4. The van der Waals surface area contributed by atoms with Gasteiger partial charge in [0.05, 0.1) is 35.0 Å². The van der Waals surface area contributed by atoms with Gasteiger partial charge in [-0.05, 0) is 36.2 Å². The number of nitrogens with one attached hydrogen (secondary N) is 1. The zero-order valence-electron chi connectivity index (χ0n) is 18.3. The van der Waals surface area contributed by atoms with E-state index in [4.69, 9.17) is 18.9 Å². The Morgan fingerprint density at radius 1 is 0.968 bits per heavy atom. The maximum atomic E-state index is 12.6. The highest BCUT2D eigenvalue weighted by atomic mass is 16.5. The Morgan fingerprint density at radius 2 is 1.61 bits per heavy atom. The first-order chi connectivity index (χ1) is 15.0. The van der Waals surface area contributed by atoms with E-state index in [0.29, 0.717) is 35.9 Å². The van der Waals surface area contributed by atoms with E-state index in [-0.39, 0.29) is 18.4 Å². The standard InChI is InChI=1S/C23H28N2O6/c1-28-18-7-5-15(6-8-18)16-9-10-25(14-16)21(26)13-24-23(27)17-11-19(29-2)22(31-4)20(12-17)30-3/h5-8,11-12,16H,9-10,13-14H2,1-4H3,(H,24,27).